The van der Waals surface area contributed by atoms with Crippen LogP contribution in [0, 0.1) is 13.8 Å². The summed E-state index contributed by atoms with van der Waals surface area (Å²) in [5.41, 5.74) is 3.75. The first-order valence-electron chi connectivity index (χ1n) is 11.2. The number of aromatic amines is 1. The number of benzene rings is 3. The van der Waals surface area contributed by atoms with E-state index in [0.717, 1.165) is 0 Å². The van der Waals surface area contributed by atoms with Crippen LogP contribution in [0.25, 0.3) is 21.9 Å². The van der Waals surface area contributed by atoms with Crippen molar-refractivity contribution < 1.29 is 24.5 Å². The van der Waals surface area contributed by atoms with Gasteiger partial charge >= 0.3 is 0 Å². The fraction of sp³-hybridized carbons (Fsp3) is 0.179. The molecule has 6 rings (SSSR count). The van der Waals surface area contributed by atoms with Gasteiger partial charge in [0, 0.05) is 34.9 Å². The van der Waals surface area contributed by atoms with Crippen molar-refractivity contribution in [3.8, 4) is 16.9 Å². The van der Waals surface area contributed by atoms with Gasteiger partial charge in [-0.1, -0.05) is 6.07 Å². The summed E-state index contributed by atoms with van der Waals surface area (Å²) in [4.78, 5) is 42.3. The van der Waals surface area contributed by atoms with E-state index in [9.17, 15) is 24.6 Å². The summed E-state index contributed by atoms with van der Waals surface area (Å²) < 4.78 is 5.65. The molecule has 4 aromatic rings. The van der Waals surface area contributed by atoms with Crippen LogP contribution >= 0.6 is 0 Å². The number of aryl methyl sites for hydroxylation is 2. The summed E-state index contributed by atoms with van der Waals surface area (Å²) in [6.07, 6.45) is -1.85. The van der Waals surface area contributed by atoms with Crippen molar-refractivity contribution in [3.63, 3.8) is 0 Å². The molecule has 1 aromatic heterocycles. The van der Waals surface area contributed by atoms with Gasteiger partial charge in [0.2, 0.25) is 0 Å². The SMILES string of the molecule is COC1c2cc3c(cc2-c2cc4c(=O)[nH]c(C)cc4cc2C1O)C(=O)c1ccc(C)c(O)c1C3=O. The Labute approximate surface area is 199 Å². The first-order chi connectivity index (χ1) is 16.7. The normalized spacial score (nSPS) is 18.2. The molecular weight excluding hydrogens is 446 g/mol. The van der Waals surface area contributed by atoms with Crippen molar-refractivity contribution in [1.29, 1.82) is 0 Å². The van der Waals surface area contributed by atoms with E-state index in [4.69, 9.17) is 4.74 Å². The summed E-state index contributed by atoms with van der Waals surface area (Å²) in [6.45, 7) is 3.45. The van der Waals surface area contributed by atoms with E-state index < -0.39 is 18.0 Å². The summed E-state index contributed by atoms with van der Waals surface area (Å²) in [6, 6.07) is 11.7. The van der Waals surface area contributed by atoms with Crippen LogP contribution in [0.4, 0.5) is 0 Å². The van der Waals surface area contributed by atoms with Gasteiger partial charge in [0.05, 0.1) is 5.56 Å². The average Bonchev–Trinajstić information content (AvgIpc) is 2.83. The number of aliphatic hydroxyl groups excluding tert-OH is 1. The fourth-order valence-corrected chi connectivity index (χ4v) is 5.39. The number of rotatable bonds is 1. The topological polar surface area (TPSA) is 117 Å². The number of ketones is 2. The Balaban J connectivity index is 1.66. The molecule has 0 saturated heterocycles. The van der Waals surface area contributed by atoms with Crippen LogP contribution in [0.1, 0.15) is 66.4 Å². The van der Waals surface area contributed by atoms with E-state index in [1.54, 1.807) is 50.2 Å². The van der Waals surface area contributed by atoms with E-state index in [1.807, 2.05) is 6.07 Å². The molecule has 1 heterocycles. The highest BCUT2D eigenvalue weighted by Crippen LogP contribution is 2.49. The maximum absolute atomic E-state index is 13.4. The van der Waals surface area contributed by atoms with Crippen LogP contribution in [0.5, 0.6) is 5.75 Å². The minimum atomic E-state index is -1.05. The van der Waals surface area contributed by atoms with Gasteiger partial charge in [-0.15, -0.1) is 0 Å². The molecule has 0 aliphatic heterocycles. The number of aliphatic hydroxyl groups is 1. The van der Waals surface area contributed by atoms with E-state index >= 15 is 0 Å². The van der Waals surface area contributed by atoms with E-state index in [2.05, 4.69) is 4.98 Å². The number of carbonyl (C=O) groups is 2. The molecule has 3 aromatic carbocycles. The molecule has 0 spiro atoms. The minimum absolute atomic E-state index is 0.0129. The van der Waals surface area contributed by atoms with Crippen LogP contribution in [0.15, 0.2) is 47.3 Å². The smallest absolute Gasteiger partial charge is 0.256 e. The molecule has 0 amide bonds. The molecule has 7 nitrogen and oxygen atoms in total. The van der Waals surface area contributed by atoms with Crippen molar-refractivity contribution in [2.75, 3.05) is 7.11 Å². The lowest BCUT2D eigenvalue weighted by atomic mass is 9.75. The van der Waals surface area contributed by atoms with Crippen LogP contribution in [-0.2, 0) is 4.74 Å². The number of methoxy groups -OCH3 is 1. The van der Waals surface area contributed by atoms with Gasteiger partial charge in [0.15, 0.2) is 11.6 Å². The largest absolute Gasteiger partial charge is 0.507 e. The maximum atomic E-state index is 13.4. The highest BCUT2D eigenvalue weighted by atomic mass is 16.5. The average molecular weight is 467 g/mol. The number of aromatic nitrogens is 1. The van der Waals surface area contributed by atoms with Gasteiger partial charge in [0.25, 0.3) is 5.56 Å². The Morgan fingerprint density at radius 1 is 0.829 bits per heavy atom. The van der Waals surface area contributed by atoms with Crippen molar-refractivity contribution in [3.05, 3.63) is 97.5 Å². The van der Waals surface area contributed by atoms with E-state index in [0.29, 0.717) is 44.3 Å². The van der Waals surface area contributed by atoms with Crippen molar-refractivity contribution in [1.82, 2.24) is 4.98 Å². The third-order valence-electron chi connectivity index (χ3n) is 7.14. The number of ether oxygens (including phenoxy) is 1. The number of hydrogen-bond acceptors (Lipinski definition) is 6. The minimum Gasteiger partial charge on any atom is -0.507 e. The highest BCUT2D eigenvalue weighted by Gasteiger charge is 2.38. The number of aromatic hydroxyl groups is 1. The Kier molecular flexibility index (Phi) is 4.42. The zero-order valence-corrected chi connectivity index (χ0v) is 19.2. The lowest BCUT2D eigenvalue weighted by Gasteiger charge is -2.33. The third kappa shape index (κ3) is 2.82. The molecule has 2 aliphatic carbocycles. The lowest BCUT2D eigenvalue weighted by molar-refractivity contribution is -0.0161. The predicted molar refractivity (Wildman–Crippen MR) is 129 cm³/mol. The van der Waals surface area contributed by atoms with E-state index in [-0.39, 0.29) is 39.3 Å². The standard InChI is InChI=1S/C28H21NO6/c1-11-4-5-14-22(23(11)30)25(32)20-10-21-17(9-19(20)24(14)31)16-8-15-13(6-12(2)29-28(15)34)7-18(16)26(33)27(21)35-3/h4-10,26-27,30,33H,1-3H3,(H,29,34). The van der Waals surface area contributed by atoms with Crippen LogP contribution in [0.3, 0.4) is 0 Å². The highest BCUT2D eigenvalue weighted by molar-refractivity contribution is 6.29. The summed E-state index contributed by atoms with van der Waals surface area (Å²) in [5.74, 6) is -1.04. The van der Waals surface area contributed by atoms with E-state index in [1.165, 1.54) is 7.11 Å². The number of fused-ring (bicyclic) bond motifs is 6. The first-order valence-corrected chi connectivity index (χ1v) is 11.2. The van der Waals surface area contributed by atoms with Crippen molar-refractivity contribution >= 4 is 22.3 Å². The molecule has 2 atom stereocenters. The third-order valence-corrected chi connectivity index (χ3v) is 7.14. The zero-order valence-electron chi connectivity index (χ0n) is 19.2. The van der Waals surface area contributed by atoms with Crippen molar-refractivity contribution in [2.45, 2.75) is 26.1 Å². The van der Waals surface area contributed by atoms with Gasteiger partial charge in [-0.25, -0.2) is 0 Å². The molecular formula is C28H21NO6. The molecule has 35 heavy (non-hydrogen) atoms. The Morgan fingerprint density at radius 3 is 2.29 bits per heavy atom. The second-order valence-electron chi connectivity index (χ2n) is 9.21. The molecule has 2 unspecified atom stereocenters. The predicted octanol–water partition coefficient (Wildman–Crippen LogP) is 4.03. The van der Waals surface area contributed by atoms with Gasteiger partial charge in [0.1, 0.15) is 18.0 Å². The Bertz CT molecular complexity index is 1700. The lowest BCUT2D eigenvalue weighted by Crippen LogP contribution is -2.25. The Morgan fingerprint density at radius 2 is 1.54 bits per heavy atom. The van der Waals surface area contributed by atoms with Crippen LogP contribution in [-0.4, -0.2) is 33.9 Å². The fourth-order valence-electron chi connectivity index (χ4n) is 5.39. The van der Waals surface area contributed by atoms with Gasteiger partial charge in [-0.3, -0.25) is 14.4 Å². The maximum Gasteiger partial charge on any atom is 0.256 e. The van der Waals surface area contributed by atoms with Crippen LogP contribution in [0.2, 0.25) is 0 Å². The molecule has 0 saturated carbocycles. The number of H-pyrrole nitrogens is 1. The summed E-state index contributed by atoms with van der Waals surface area (Å²) in [5, 5.41) is 22.9. The molecule has 3 N–H and O–H groups in total. The molecule has 174 valence electrons. The van der Waals surface area contributed by atoms with Gasteiger partial charge in [-0.2, -0.15) is 0 Å². The number of hydrogen-bond donors (Lipinski definition) is 3. The van der Waals surface area contributed by atoms with Crippen molar-refractivity contribution in [2.24, 2.45) is 0 Å². The number of pyridine rings is 1. The summed E-state index contributed by atoms with van der Waals surface area (Å²) in [7, 11) is 1.47. The molecule has 0 fully saturated rings. The number of phenolic OH excluding ortho intramolecular Hbond substituents is 1. The zero-order chi connectivity index (χ0) is 24.8. The number of phenols is 1. The molecule has 0 bridgehead atoms. The van der Waals surface area contributed by atoms with Crippen LogP contribution < -0.4 is 5.56 Å². The number of nitrogens with one attached hydrogen (secondary N) is 1. The Hall–Kier alpha value is -4.07. The first kappa shape index (κ1) is 21.5. The monoisotopic (exact) mass is 467 g/mol. The second-order valence-corrected chi connectivity index (χ2v) is 9.21. The quantitative estimate of drug-likeness (QED) is 0.343. The van der Waals surface area contributed by atoms with Gasteiger partial charge < -0.3 is 19.9 Å². The molecule has 2 aliphatic rings. The van der Waals surface area contributed by atoms with Gasteiger partial charge in [-0.05, 0) is 83.4 Å². The summed E-state index contributed by atoms with van der Waals surface area (Å²) >= 11 is 0. The second kappa shape index (κ2) is 7.21. The number of carbonyl (C=O) groups excluding carboxylic acids is 2. The molecule has 0 radical (unpaired) electrons. The molecule has 7 heteroatoms.